The predicted octanol–water partition coefficient (Wildman–Crippen LogP) is 1.03. The molecule has 0 aromatic carbocycles. The summed E-state index contributed by atoms with van der Waals surface area (Å²) >= 11 is 0. The standard InChI is InChI=1S/C13H24N2O2.U/c1-9(2)15(5)8-11-6-7-12(14-11)13(16)17-10(3)4;/h9-12,14H,1-2,6-8H2,3-5H3;/q-2;+2. The average molecular weight is 478 g/mol. The maximum Gasteiger partial charge on any atom is 2.00 e. The second-order valence-corrected chi connectivity index (χ2v) is 5.07. The van der Waals surface area contributed by atoms with Crippen LogP contribution in [0.3, 0.4) is 0 Å². The molecule has 1 N–H and O–H groups in total. The van der Waals surface area contributed by atoms with Gasteiger partial charge in [0.1, 0.15) is 6.04 Å². The van der Waals surface area contributed by atoms with Crippen LogP contribution in [0, 0.1) is 45.0 Å². The molecule has 1 heterocycles. The zero-order valence-corrected chi connectivity index (χ0v) is 15.8. The molecule has 1 rings (SSSR count). The molecule has 2 atom stereocenters. The smallest absolute Gasteiger partial charge is 0.462 e. The second kappa shape index (κ2) is 8.58. The summed E-state index contributed by atoms with van der Waals surface area (Å²) in [6, 6.07) is 0.220. The van der Waals surface area contributed by atoms with Gasteiger partial charge in [-0.15, -0.1) is 0 Å². The summed E-state index contributed by atoms with van der Waals surface area (Å²) < 4.78 is 5.20. The molecule has 0 aromatic heterocycles. The molecule has 4 nitrogen and oxygen atoms in total. The van der Waals surface area contributed by atoms with Crippen molar-refractivity contribution in [1.29, 1.82) is 0 Å². The Morgan fingerprint density at radius 1 is 1.44 bits per heavy atom. The third kappa shape index (κ3) is 6.06. The minimum absolute atomic E-state index is 0. The van der Waals surface area contributed by atoms with Gasteiger partial charge in [-0.25, -0.2) is 6.04 Å². The number of hydrogen-bond acceptors (Lipinski definition) is 4. The van der Waals surface area contributed by atoms with Crippen LogP contribution in [0.1, 0.15) is 26.7 Å². The average Bonchev–Trinajstić information content (AvgIpc) is 2.65. The van der Waals surface area contributed by atoms with Crippen molar-refractivity contribution >= 4 is 5.97 Å². The monoisotopic (exact) mass is 478 g/mol. The summed E-state index contributed by atoms with van der Waals surface area (Å²) in [7, 11) is 1.99. The SMILES string of the molecule is [CH2-]C([CH2-])N(C)CC1CCC(C(=O)OC(C)C)N1.[U+2]. The normalized spacial score (nSPS) is 23.6. The van der Waals surface area contributed by atoms with Crippen LogP contribution in [0.25, 0.3) is 0 Å². The number of likely N-dealkylation sites (N-methyl/N-ethyl adjacent to an activating group) is 1. The van der Waals surface area contributed by atoms with Crippen LogP contribution < -0.4 is 5.32 Å². The number of nitrogens with one attached hydrogen (secondary N) is 1. The minimum atomic E-state index is -0.149. The maximum atomic E-state index is 11.7. The molecule has 0 aromatic rings. The van der Waals surface area contributed by atoms with Crippen LogP contribution >= 0.6 is 0 Å². The largest absolute Gasteiger partial charge is 2.00 e. The van der Waals surface area contributed by atoms with Gasteiger partial charge in [0.25, 0.3) is 0 Å². The first kappa shape index (κ1) is 18.4. The van der Waals surface area contributed by atoms with E-state index in [4.69, 9.17) is 4.74 Å². The van der Waals surface area contributed by atoms with Gasteiger partial charge in [-0.1, -0.05) is 0 Å². The van der Waals surface area contributed by atoms with Crippen molar-refractivity contribution in [2.24, 2.45) is 0 Å². The molecular weight excluding hydrogens is 454 g/mol. The van der Waals surface area contributed by atoms with Crippen molar-refractivity contribution in [2.45, 2.75) is 50.9 Å². The van der Waals surface area contributed by atoms with Gasteiger partial charge in [-0.2, -0.15) is 0 Å². The molecule has 1 aliphatic heterocycles. The fraction of sp³-hybridized carbons (Fsp3) is 0.769. The summed E-state index contributed by atoms with van der Waals surface area (Å²) in [6.45, 7) is 12.3. The Kier molecular flexibility index (Phi) is 8.79. The van der Waals surface area contributed by atoms with E-state index in [0.717, 1.165) is 19.4 Å². The second-order valence-electron chi connectivity index (χ2n) is 5.07. The van der Waals surface area contributed by atoms with E-state index in [1.807, 2.05) is 20.9 Å². The maximum absolute atomic E-state index is 11.7. The van der Waals surface area contributed by atoms with Crippen molar-refractivity contribution in [3.63, 3.8) is 0 Å². The van der Waals surface area contributed by atoms with E-state index in [1.165, 1.54) is 0 Å². The van der Waals surface area contributed by atoms with Crippen LogP contribution in [0.2, 0.25) is 0 Å². The van der Waals surface area contributed by atoms with Gasteiger partial charge in [-0.05, 0) is 33.7 Å². The van der Waals surface area contributed by atoms with E-state index >= 15 is 0 Å². The van der Waals surface area contributed by atoms with E-state index in [-0.39, 0.29) is 55.3 Å². The van der Waals surface area contributed by atoms with Gasteiger partial charge in [0.2, 0.25) is 0 Å². The minimum Gasteiger partial charge on any atom is -0.462 e. The molecule has 18 heavy (non-hydrogen) atoms. The number of esters is 1. The van der Waals surface area contributed by atoms with Gasteiger partial charge in [-0.3, -0.25) is 4.79 Å². The number of carbonyl (C=O) groups is 1. The zero-order chi connectivity index (χ0) is 13.0. The zero-order valence-electron chi connectivity index (χ0n) is 11.6. The molecule has 0 bridgehead atoms. The van der Waals surface area contributed by atoms with Crippen molar-refractivity contribution in [3.05, 3.63) is 13.8 Å². The Hall–Kier alpha value is 0.442. The number of nitrogens with zero attached hydrogens (tertiary/aromatic N) is 1. The van der Waals surface area contributed by atoms with Crippen molar-refractivity contribution in [2.75, 3.05) is 13.6 Å². The molecule has 102 valence electrons. The van der Waals surface area contributed by atoms with Crippen LogP contribution in [-0.2, 0) is 9.53 Å². The first-order valence-corrected chi connectivity index (χ1v) is 6.23. The van der Waals surface area contributed by atoms with Crippen LogP contribution in [-0.4, -0.2) is 48.7 Å². The van der Waals surface area contributed by atoms with E-state index in [1.54, 1.807) is 0 Å². The van der Waals surface area contributed by atoms with E-state index < -0.39 is 0 Å². The molecular formula is C13H24N2O2U. The van der Waals surface area contributed by atoms with Gasteiger partial charge < -0.3 is 28.8 Å². The van der Waals surface area contributed by atoms with E-state index in [0.29, 0.717) is 6.04 Å². The molecule has 0 radical (unpaired) electrons. The van der Waals surface area contributed by atoms with Gasteiger partial charge in [0.15, 0.2) is 0 Å². The molecule has 1 aliphatic rings. The predicted molar refractivity (Wildman–Crippen MR) is 68.3 cm³/mol. The van der Waals surface area contributed by atoms with Crippen molar-refractivity contribution in [3.8, 4) is 0 Å². The summed E-state index contributed by atoms with van der Waals surface area (Å²) in [4.78, 5) is 13.8. The Bertz CT molecular complexity index is 259. The van der Waals surface area contributed by atoms with Gasteiger partial charge in [0, 0.05) is 12.6 Å². The molecule has 1 saturated heterocycles. The summed E-state index contributed by atoms with van der Waals surface area (Å²) in [5.41, 5.74) is 0. The molecule has 0 saturated carbocycles. The molecule has 0 aliphatic carbocycles. The number of rotatable bonds is 5. The summed E-state index contributed by atoms with van der Waals surface area (Å²) in [6.07, 6.45) is 1.80. The Labute approximate surface area is 135 Å². The summed E-state index contributed by atoms with van der Waals surface area (Å²) in [5, 5.41) is 3.31. The number of ether oxygens (including phenoxy) is 1. The molecule has 0 amide bonds. The summed E-state index contributed by atoms with van der Waals surface area (Å²) in [5.74, 6) is -0.133. The Balaban J connectivity index is 0.00000289. The first-order valence-electron chi connectivity index (χ1n) is 6.23. The van der Waals surface area contributed by atoms with E-state index in [9.17, 15) is 4.79 Å². The van der Waals surface area contributed by atoms with Crippen LogP contribution in [0.15, 0.2) is 0 Å². The number of hydrogen-bond donors (Lipinski definition) is 1. The van der Waals surface area contributed by atoms with Crippen LogP contribution in [0.4, 0.5) is 0 Å². The van der Waals surface area contributed by atoms with Gasteiger partial charge in [0.05, 0.1) is 6.10 Å². The third-order valence-electron chi connectivity index (χ3n) is 3.01. The number of carbonyl (C=O) groups excluding carboxylic acids is 1. The molecule has 0 spiro atoms. The van der Waals surface area contributed by atoms with E-state index in [2.05, 4.69) is 24.1 Å². The third-order valence-corrected chi connectivity index (χ3v) is 3.01. The molecule has 2 unspecified atom stereocenters. The molecule has 5 heteroatoms. The fourth-order valence-electron chi connectivity index (χ4n) is 1.96. The topological polar surface area (TPSA) is 41.6 Å². The Morgan fingerprint density at radius 3 is 2.56 bits per heavy atom. The fourth-order valence-corrected chi connectivity index (χ4v) is 1.96. The van der Waals surface area contributed by atoms with Crippen LogP contribution in [0.5, 0.6) is 0 Å². The Morgan fingerprint density at radius 2 is 2.06 bits per heavy atom. The quantitative estimate of drug-likeness (QED) is 0.474. The van der Waals surface area contributed by atoms with Gasteiger partial charge >= 0.3 is 37.1 Å². The first-order chi connectivity index (χ1) is 7.90. The van der Waals surface area contributed by atoms with Crippen molar-refractivity contribution in [1.82, 2.24) is 10.2 Å². The van der Waals surface area contributed by atoms with Crippen molar-refractivity contribution < 1.29 is 40.6 Å². The molecule has 1 fully saturated rings.